The summed E-state index contributed by atoms with van der Waals surface area (Å²) in [6.07, 6.45) is 2.07. The molecule has 73 valence electrons. The molecule has 1 fully saturated rings. The fraction of sp³-hybridized carbons (Fsp3) is 0.273. The molecule has 1 aromatic carbocycles. The number of halogens is 1. The van der Waals surface area contributed by atoms with Crippen molar-refractivity contribution in [2.45, 2.75) is 12.8 Å². The lowest BCUT2D eigenvalue weighted by atomic mass is 10.2. The number of benzene rings is 1. The summed E-state index contributed by atoms with van der Waals surface area (Å²) in [5.41, 5.74) is 0.701. The van der Waals surface area contributed by atoms with Gasteiger partial charge < -0.3 is 4.90 Å². The zero-order chi connectivity index (χ0) is 9.97. The van der Waals surface area contributed by atoms with Gasteiger partial charge >= 0.3 is 0 Å². The fourth-order valence-electron chi connectivity index (χ4n) is 1.54. The Kier molecular flexibility index (Phi) is 2.73. The highest BCUT2D eigenvalue weighted by Gasteiger charge is 2.19. The number of amides is 1. The van der Waals surface area contributed by atoms with Gasteiger partial charge in [-0.05, 0) is 37.1 Å². The average Bonchev–Trinajstić information content (AvgIpc) is 2.71. The summed E-state index contributed by atoms with van der Waals surface area (Å²) in [7, 11) is 0. The summed E-state index contributed by atoms with van der Waals surface area (Å²) in [6, 6.07) is 7.00. The van der Waals surface area contributed by atoms with E-state index in [9.17, 15) is 4.79 Å². The quantitative estimate of drug-likeness (QED) is 0.695. The maximum absolute atomic E-state index is 11.8. The molecule has 0 saturated carbocycles. The minimum Gasteiger partial charge on any atom is -0.334 e. The van der Waals surface area contributed by atoms with Gasteiger partial charge in [0.15, 0.2) is 0 Å². The van der Waals surface area contributed by atoms with Crippen molar-refractivity contribution < 1.29 is 4.79 Å². The van der Waals surface area contributed by atoms with Gasteiger partial charge in [0.2, 0.25) is 0 Å². The van der Waals surface area contributed by atoms with E-state index in [4.69, 9.17) is 11.6 Å². The molecule has 3 heteroatoms. The van der Waals surface area contributed by atoms with Crippen molar-refractivity contribution >= 4 is 17.5 Å². The van der Waals surface area contributed by atoms with Gasteiger partial charge in [0.05, 0.1) is 6.54 Å². The van der Waals surface area contributed by atoms with Crippen LogP contribution < -0.4 is 0 Å². The van der Waals surface area contributed by atoms with Crippen LogP contribution in [0.15, 0.2) is 24.3 Å². The van der Waals surface area contributed by atoms with Crippen molar-refractivity contribution in [1.82, 2.24) is 4.90 Å². The molecule has 1 radical (unpaired) electrons. The Morgan fingerprint density at radius 1 is 1.29 bits per heavy atom. The predicted octanol–water partition coefficient (Wildman–Crippen LogP) is 2.74. The monoisotopic (exact) mass is 208 g/mol. The van der Waals surface area contributed by atoms with E-state index in [1.807, 2.05) is 6.54 Å². The highest BCUT2D eigenvalue weighted by molar-refractivity contribution is 6.30. The lowest BCUT2D eigenvalue weighted by Gasteiger charge is -2.14. The van der Waals surface area contributed by atoms with E-state index < -0.39 is 0 Å². The first-order chi connectivity index (χ1) is 6.77. The van der Waals surface area contributed by atoms with E-state index in [0.29, 0.717) is 10.6 Å². The molecule has 0 aliphatic carbocycles. The second kappa shape index (κ2) is 4.01. The van der Waals surface area contributed by atoms with Gasteiger partial charge in [0.25, 0.3) is 5.91 Å². The van der Waals surface area contributed by atoms with Gasteiger partial charge in [-0.2, -0.15) is 0 Å². The van der Waals surface area contributed by atoms with E-state index in [0.717, 1.165) is 19.4 Å². The van der Waals surface area contributed by atoms with Crippen LogP contribution in [-0.2, 0) is 0 Å². The molecule has 0 N–H and O–H groups in total. The maximum atomic E-state index is 11.8. The molecule has 0 unspecified atom stereocenters. The molecule has 1 heterocycles. The van der Waals surface area contributed by atoms with Gasteiger partial charge in [-0.3, -0.25) is 4.79 Å². The first kappa shape index (κ1) is 9.53. The van der Waals surface area contributed by atoms with E-state index >= 15 is 0 Å². The molecule has 0 aromatic heterocycles. The van der Waals surface area contributed by atoms with Crippen LogP contribution in [0.1, 0.15) is 23.2 Å². The maximum Gasteiger partial charge on any atom is 0.254 e. The highest BCUT2D eigenvalue weighted by atomic mass is 35.5. The predicted molar refractivity (Wildman–Crippen MR) is 56.0 cm³/mol. The van der Waals surface area contributed by atoms with Crippen LogP contribution in [-0.4, -0.2) is 17.4 Å². The van der Waals surface area contributed by atoms with E-state index in [2.05, 4.69) is 0 Å². The van der Waals surface area contributed by atoms with Crippen molar-refractivity contribution in [3.05, 3.63) is 41.4 Å². The molecule has 0 spiro atoms. The fourth-order valence-corrected chi connectivity index (χ4v) is 1.67. The summed E-state index contributed by atoms with van der Waals surface area (Å²) in [5.74, 6) is 0.0687. The van der Waals surface area contributed by atoms with Gasteiger partial charge in [-0.25, -0.2) is 0 Å². The van der Waals surface area contributed by atoms with Crippen molar-refractivity contribution in [3.63, 3.8) is 0 Å². The zero-order valence-corrected chi connectivity index (χ0v) is 8.50. The summed E-state index contributed by atoms with van der Waals surface area (Å²) < 4.78 is 0. The molecular formula is C11H11ClNO. The summed E-state index contributed by atoms with van der Waals surface area (Å²) in [6.45, 7) is 2.79. The molecule has 14 heavy (non-hydrogen) atoms. The lowest BCUT2D eigenvalue weighted by molar-refractivity contribution is 0.0821. The van der Waals surface area contributed by atoms with Crippen LogP contribution in [0.4, 0.5) is 0 Å². The van der Waals surface area contributed by atoms with Gasteiger partial charge in [-0.15, -0.1) is 0 Å². The third kappa shape index (κ3) is 1.90. The van der Waals surface area contributed by atoms with Crippen LogP contribution >= 0.6 is 11.6 Å². The highest BCUT2D eigenvalue weighted by Crippen LogP contribution is 2.17. The molecule has 0 atom stereocenters. The van der Waals surface area contributed by atoms with Gasteiger partial charge in [0.1, 0.15) is 0 Å². The van der Waals surface area contributed by atoms with E-state index in [1.54, 1.807) is 29.2 Å². The smallest absolute Gasteiger partial charge is 0.254 e. The number of hydrogen-bond donors (Lipinski definition) is 0. The Hall–Kier alpha value is -1.02. The summed E-state index contributed by atoms with van der Waals surface area (Å²) >= 11 is 5.74. The molecular weight excluding hydrogens is 198 g/mol. The minimum absolute atomic E-state index is 0.0687. The van der Waals surface area contributed by atoms with Crippen LogP contribution in [0.2, 0.25) is 5.02 Å². The van der Waals surface area contributed by atoms with Crippen molar-refractivity contribution in [3.8, 4) is 0 Å². The van der Waals surface area contributed by atoms with Crippen LogP contribution in [0.5, 0.6) is 0 Å². The first-order valence-corrected chi connectivity index (χ1v) is 5.05. The normalized spacial score (nSPS) is 15.9. The largest absolute Gasteiger partial charge is 0.334 e. The Bertz CT molecular complexity index is 328. The molecule has 2 nitrogen and oxygen atoms in total. The Morgan fingerprint density at radius 2 is 2.00 bits per heavy atom. The minimum atomic E-state index is 0.0687. The van der Waals surface area contributed by atoms with E-state index in [-0.39, 0.29) is 5.91 Å². The SMILES string of the molecule is O=C(c1ccc(Cl)cc1)N1[CH]CCC1. The number of nitrogens with zero attached hydrogens (tertiary/aromatic N) is 1. The summed E-state index contributed by atoms with van der Waals surface area (Å²) in [4.78, 5) is 13.6. The van der Waals surface area contributed by atoms with E-state index in [1.165, 1.54) is 0 Å². The topological polar surface area (TPSA) is 20.3 Å². The van der Waals surface area contributed by atoms with Gasteiger partial charge in [-0.1, -0.05) is 11.6 Å². The third-order valence-electron chi connectivity index (χ3n) is 2.30. The number of carbonyl (C=O) groups excluding carboxylic acids is 1. The van der Waals surface area contributed by atoms with Crippen LogP contribution in [0, 0.1) is 6.54 Å². The molecule has 1 aliphatic heterocycles. The van der Waals surface area contributed by atoms with Crippen molar-refractivity contribution in [2.75, 3.05) is 6.54 Å². The number of likely N-dealkylation sites (tertiary alicyclic amines) is 1. The van der Waals surface area contributed by atoms with Crippen LogP contribution in [0.25, 0.3) is 0 Å². The Morgan fingerprint density at radius 3 is 2.57 bits per heavy atom. The average molecular weight is 209 g/mol. The molecule has 1 amide bonds. The second-order valence-electron chi connectivity index (χ2n) is 3.33. The number of carbonyl (C=O) groups is 1. The second-order valence-corrected chi connectivity index (χ2v) is 3.77. The summed E-state index contributed by atoms with van der Waals surface area (Å²) in [5, 5.41) is 0.659. The van der Waals surface area contributed by atoms with Crippen molar-refractivity contribution in [2.24, 2.45) is 0 Å². The first-order valence-electron chi connectivity index (χ1n) is 4.67. The zero-order valence-electron chi connectivity index (χ0n) is 7.74. The van der Waals surface area contributed by atoms with Crippen LogP contribution in [0.3, 0.4) is 0 Å². The molecule has 1 aliphatic rings. The molecule has 1 saturated heterocycles. The molecule has 1 aromatic rings. The van der Waals surface area contributed by atoms with Gasteiger partial charge in [0, 0.05) is 17.1 Å². The standard InChI is InChI=1S/C11H11ClNO/c12-10-5-3-9(4-6-10)11(14)13-7-1-2-8-13/h3-7H,1-2,8H2. The number of hydrogen-bond acceptors (Lipinski definition) is 1. The lowest BCUT2D eigenvalue weighted by Crippen LogP contribution is -2.24. The van der Waals surface area contributed by atoms with Crippen molar-refractivity contribution in [1.29, 1.82) is 0 Å². The third-order valence-corrected chi connectivity index (χ3v) is 2.56. The Balaban J connectivity index is 2.14. The molecule has 2 rings (SSSR count). The Labute approximate surface area is 88.5 Å². The molecule has 0 bridgehead atoms. The number of rotatable bonds is 1.